The van der Waals surface area contributed by atoms with E-state index in [0.29, 0.717) is 18.0 Å². The maximum absolute atomic E-state index is 13.3. The van der Waals surface area contributed by atoms with Gasteiger partial charge in [0.2, 0.25) is 5.62 Å². The number of nitrogens with two attached hydrogens (primary N) is 1. The van der Waals surface area contributed by atoms with Crippen molar-refractivity contribution in [1.82, 2.24) is 19.0 Å². The summed E-state index contributed by atoms with van der Waals surface area (Å²) < 4.78 is 8.03. The van der Waals surface area contributed by atoms with E-state index in [9.17, 15) is 14.4 Å². The van der Waals surface area contributed by atoms with Gasteiger partial charge < -0.3 is 14.5 Å². The highest BCUT2D eigenvalue weighted by Gasteiger charge is 2.12. The lowest BCUT2D eigenvalue weighted by molar-refractivity contribution is -0.144. The number of rotatable bonds is 11. The van der Waals surface area contributed by atoms with Crippen LogP contribution in [-0.4, -0.2) is 52.2 Å². The number of nitrogens with zero attached hydrogens (tertiary/aromatic N) is 4. The molecule has 3 N–H and O–H groups in total. The van der Waals surface area contributed by atoms with Crippen LogP contribution in [0.25, 0.3) is 0 Å². The normalized spacial score (nSPS) is 11.6. The van der Waals surface area contributed by atoms with Crippen molar-refractivity contribution in [3.63, 3.8) is 0 Å². The quantitative estimate of drug-likeness (QED) is 0.299. The highest BCUT2D eigenvalue weighted by molar-refractivity contribution is 5.68. The van der Waals surface area contributed by atoms with Crippen LogP contribution in [-0.2, 0) is 22.7 Å². The summed E-state index contributed by atoms with van der Waals surface area (Å²) in [5, 5.41) is 0. The average molecular weight is 497 g/mol. The predicted molar refractivity (Wildman–Crippen MR) is 135 cm³/mol. The Labute approximate surface area is 208 Å². The molecule has 0 aliphatic rings. The molecule has 0 unspecified atom stereocenters. The van der Waals surface area contributed by atoms with Crippen molar-refractivity contribution >= 4 is 11.7 Å². The number of hydrogen-bond donors (Lipinski definition) is 2. The van der Waals surface area contributed by atoms with Gasteiger partial charge in [-0.25, -0.2) is 19.1 Å². The fourth-order valence-electron chi connectivity index (χ4n) is 3.43. The minimum absolute atomic E-state index is 0.0860. The van der Waals surface area contributed by atoms with Crippen LogP contribution in [0.1, 0.15) is 24.0 Å². The number of aromatic nitrogens is 3. The molecule has 0 spiro atoms. The lowest BCUT2D eigenvalue weighted by atomic mass is 10.1. The van der Waals surface area contributed by atoms with E-state index in [-0.39, 0.29) is 25.1 Å². The molecular formula is C25H32N6O5. The summed E-state index contributed by atoms with van der Waals surface area (Å²) in [6.45, 7) is 3.48. The van der Waals surface area contributed by atoms with Gasteiger partial charge in [-0.3, -0.25) is 14.3 Å². The van der Waals surface area contributed by atoms with E-state index in [1.807, 2.05) is 45.3 Å². The first kappa shape index (κ1) is 26.6. The Balaban J connectivity index is 1.94. The van der Waals surface area contributed by atoms with Gasteiger partial charge in [0.15, 0.2) is 0 Å². The number of H-pyrrole nitrogens is 1. The molecule has 0 bridgehead atoms. The molecular weight excluding hydrogens is 464 g/mol. The number of aryl methyl sites for hydroxylation is 1. The van der Waals surface area contributed by atoms with Crippen LogP contribution in [0.15, 0.2) is 63.1 Å². The summed E-state index contributed by atoms with van der Waals surface area (Å²) in [5.41, 5.74) is 1.25. The second-order valence-corrected chi connectivity index (χ2v) is 8.61. The highest BCUT2D eigenvalue weighted by Crippen LogP contribution is 2.17. The molecule has 1 aromatic heterocycles. The van der Waals surface area contributed by atoms with E-state index in [2.05, 4.69) is 19.7 Å². The Morgan fingerprint density at radius 2 is 1.75 bits per heavy atom. The smallest absolute Gasteiger partial charge is 0.335 e. The van der Waals surface area contributed by atoms with Crippen molar-refractivity contribution in [1.29, 1.82) is 0 Å². The molecule has 0 aliphatic carbocycles. The third-order valence-electron chi connectivity index (χ3n) is 5.40. The van der Waals surface area contributed by atoms with Gasteiger partial charge in [-0.15, -0.1) is 0 Å². The summed E-state index contributed by atoms with van der Waals surface area (Å²) in [4.78, 5) is 50.8. The highest BCUT2D eigenvalue weighted by atomic mass is 16.7. The summed E-state index contributed by atoms with van der Waals surface area (Å²) >= 11 is 0. The average Bonchev–Trinajstić information content (AvgIpc) is 2.86. The van der Waals surface area contributed by atoms with E-state index in [1.165, 1.54) is 4.57 Å². The zero-order valence-electron chi connectivity index (χ0n) is 20.8. The minimum Gasteiger partial charge on any atom is -0.494 e. The molecule has 0 atom stereocenters. The van der Waals surface area contributed by atoms with Gasteiger partial charge in [0, 0.05) is 13.1 Å². The zero-order chi connectivity index (χ0) is 26.1. The Morgan fingerprint density at radius 3 is 2.39 bits per heavy atom. The fourth-order valence-corrected chi connectivity index (χ4v) is 3.43. The van der Waals surface area contributed by atoms with Gasteiger partial charge in [-0.2, -0.15) is 5.90 Å². The number of carbonyl (C=O) groups is 1. The summed E-state index contributed by atoms with van der Waals surface area (Å²) in [7, 11) is 4.02. The molecule has 11 heteroatoms. The van der Waals surface area contributed by atoms with Crippen molar-refractivity contribution in [2.75, 3.05) is 27.2 Å². The van der Waals surface area contributed by atoms with E-state index < -0.39 is 17.3 Å². The van der Waals surface area contributed by atoms with Gasteiger partial charge in [0.1, 0.15) is 5.75 Å². The number of aromatic amines is 1. The van der Waals surface area contributed by atoms with Crippen molar-refractivity contribution in [2.45, 2.75) is 32.9 Å². The SMILES string of the molecule is Cc1ccc(Cn2c(=O)n(CCC(=O)ON)c(=O)[nH]/c2=N\c2ccc(OCCCN(C)C)cc2)cc1. The Bertz CT molecular complexity index is 1340. The monoisotopic (exact) mass is 496 g/mol. The van der Waals surface area contributed by atoms with E-state index in [4.69, 9.17) is 10.6 Å². The van der Waals surface area contributed by atoms with Crippen LogP contribution < -0.4 is 27.6 Å². The van der Waals surface area contributed by atoms with Crippen LogP contribution in [0.2, 0.25) is 0 Å². The van der Waals surface area contributed by atoms with Crippen LogP contribution in [0, 0.1) is 6.92 Å². The van der Waals surface area contributed by atoms with Crippen LogP contribution in [0.3, 0.4) is 0 Å². The van der Waals surface area contributed by atoms with E-state index >= 15 is 0 Å². The Morgan fingerprint density at radius 1 is 1.06 bits per heavy atom. The molecule has 0 fully saturated rings. The molecule has 2 aromatic carbocycles. The number of ether oxygens (including phenoxy) is 1. The Kier molecular flexibility index (Phi) is 9.37. The molecule has 1 heterocycles. The lowest BCUT2D eigenvalue weighted by Gasteiger charge is -2.11. The number of benzene rings is 2. The maximum atomic E-state index is 13.3. The van der Waals surface area contributed by atoms with Gasteiger partial charge in [0.05, 0.1) is 25.3 Å². The maximum Gasteiger partial charge on any atom is 0.335 e. The third-order valence-corrected chi connectivity index (χ3v) is 5.40. The molecule has 192 valence electrons. The summed E-state index contributed by atoms with van der Waals surface area (Å²) in [5.74, 6) is 4.84. The molecule has 0 radical (unpaired) electrons. The standard InChI is InChI=1S/C25H32N6O5/c1-18-5-7-19(8-6-18)17-31-23(28-24(33)30(25(31)34)15-13-22(32)36-26)27-20-9-11-21(12-10-20)35-16-4-14-29(2)3/h5-12H,4,13-17,26H2,1-3H3,(H,27,28,33). The van der Waals surface area contributed by atoms with Crippen LogP contribution in [0.5, 0.6) is 5.75 Å². The second kappa shape index (κ2) is 12.7. The fraction of sp³-hybridized carbons (Fsp3) is 0.360. The minimum atomic E-state index is -0.732. The zero-order valence-corrected chi connectivity index (χ0v) is 20.8. The van der Waals surface area contributed by atoms with Gasteiger partial charge in [0.25, 0.3) is 0 Å². The third kappa shape index (κ3) is 7.52. The van der Waals surface area contributed by atoms with Crippen molar-refractivity contribution in [3.05, 3.63) is 86.2 Å². The largest absolute Gasteiger partial charge is 0.494 e. The first-order chi connectivity index (χ1) is 17.3. The molecule has 3 rings (SSSR count). The number of carbonyl (C=O) groups excluding carboxylic acids is 1. The summed E-state index contributed by atoms with van der Waals surface area (Å²) in [6.07, 6.45) is 0.676. The van der Waals surface area contributed by atoms with Crippen LogP contribution >= 0.6 is 0 Å². The van der Waals surface area contributed by atoms with Crippen molar-refractivity contribution < 1.29 is 14.4 Å². The Hall–Kier alpha value is -3.96. The van der Waals surface area contributed by atoms with Gasteiger partial charge in [-0.1, -0.05) is 29.8 Å². The second-order valence-electron chi connectivity index (χ2n) is 8.61. The first-order valence-corrected chi connectivity index (χ1v) is 11.6. The molecule has 11 nitrogen and oxygen atoms in total. The van der Waals surface area contributed by atoms with Gasteiger partial charge in [-0.05, 0) is 57.3 Å². The van der Waals surface area contributed by atoms with Crippen molar-refractivity contribution in [2.24, 2.45) is 10.9 Å². The van der Waals surface area contributed by atoms with Gasteiger partial charge >= 0.3 is 17.3 Å². The lowest BCUT2D eigenvalue weighted by Crippen LogP contribution is -2.50. The predicted octanol–water partition coefficient (Wildman–Crippen LogP) is 1.06. The topological polar surface area (TPSA) is 137 Å². The molecule has 0 amide bonds. The summed E-state index contributed by atoms with van der Waals surface area (Å²) in [6, 6.07) is 14.7. The van der Waals surface area contributed by atoms with E-state index in [1.54, 1.807) is 24.3 Å². The molecule has 0 aliphatic heterocycles. The number of hydrogen-bond acceptors (Lipinski definition) is 8. The molecule has 36 heavy (non-hydrogen) atoms. The molecule has 3 aromatic rings. The molecule has 0 saturated heterocycles. The first-order valence-electron chi connectivity index (χ1n) is 11.6. The number of nitrogens with one attached hydrogen (secondary N) is 1. The van der Waals surface area contributed by atoms with E-state index in [0.717, 1.165) is 28.7 Å². The molecule has 0 saturated carbocycles. The van der Waals surface area contributed by atoms with Crippen LogP contribution in [0.4, 0.5) is 5.69 Å². The van der Waals surface area contributed by atoms with Crippen molar-refractivity contribution in [3.8, 4) is 5.75 Å².